The first-order valence-electron chi connectivity index (χ1n) is 4.77. The van der Waals surface area contributed by atoms with Crippen LogP contribution in [0.3, 0.4) is 0 Å². The highest BCUT2D eigenvalue weighted by Gasteiger charge is 2.31. The molecule has 0 aliphatic heterocycles. The van der Waals surface area contributed by atoms with Crippen molar-refractivity contribution < 1.29 is 22.7 Å². The van der Waals surface area contributed by atoms with Gasteiger partial charge in [-0.3, -0.25) is 0 Å². The average Bonchev–Trinajstić information content (AvgIpc) is 2.20. The molecule has 0 aliphatic rings. The maximum Gasteiger partial charge on any atom is 0.422 e. The second kappa shape index (κ2) is 6.88. The molecule has 3 nitrogen and oxygen atoms in total. The summed E-state index contributed by atoms with van der Waals surface area (Å²) in [5.41, 5.74) is 0. The third-order valence-corrected chi connectivity index (χ3v) is 2.74. The van der Waals surface area contributed by atoms with Gasteiger partial charge in [0.2, 0.25) is 0 Å². The summed E-state index contributed by atoms with van der Waals surface area (Å²) in [5, 5.41) is 0. The van der Waals surface area contributed by atoms with Crippen molar-refractivity contribution in [2.24, 2.45) is 0 Å². The summed E-state index contributed by atoms with van der Waals surface area (Å²) in [4.78, 5) is 12.5. The Labute approximate surface area is 97.3 Å². The van der Waals surface area contributed by atoms with Crippen LogP contribution in [0.25, 0.3) is 0 Å². The third kappa shape index (κ3) is 6.09. The summed E-state index contributed by atoms with van der Waals surface area (Å²) >= 11 is 1.53. The van der Waals surface area contributed by atoms with Gasteiger partial charge in [-0.05, 0) is 12.7 Å². The zero-order valence-electron chi connectivity index (χ0n) is 9.50. The summed E-state index contributed by atoms with van der Waals surface area (Å²) in [5.74, 6) is 0.675. The molecule has 0 rings (SSSR count). The van der Waals surface area contributed by atoms with Gasteiger partial charge in [0, 0.05) is 18.8 Å². The molecule has 0 aliphatic carbocycles. The van der Waals surface area contributed by atoms with E-state index in [0.29, 0.717) is 12.2 Å². The van der Waals surface area contributed by atoms with Crippen LogP contribution in [0.2, 0.25) is 0 Å². The molecule has 0 aromatic carbocycles. The van der Waals surface area contributed by atoms with Crippen LogP contribution in [0.5, 0.6) is 0 Å². The summed E-state index contributed by atoms with van der Waals surface area (Å²) in [6.07, 6.45) is -2.86. The maximum absolute atomic E-state index is 11.8. The van der Waals surface area contributed by atoms with Gasteiger partial charge >= 0.3 is 12.3 Å². The van der Waals surface area contributed by atoms with Crippen LogP contribution in [0.15, 0.2) is 0 Å². The highest BCUT2D eigenvalue weighted by atomic mass is 32.2. The quantitative estimate of drug-likeness (QED) is 0.760. The second-order valence-corrected chi connectivity index (χ2v) is 4.21. The number of amides is 1. The van der Waals surface area contributed by atoms with E-state index in [1.807, 2.05) is 13.2 Å². The monoisotopic (exact) mass is 259 g/mol. The molecule has 0 N–H and O–H groups in total. The highest BCUT2D eigenvalue weighted by molar-refractivity contribution is 7.98. The molecule has 0 heterocycles. The predicted octanol–water partition coefficient (Wildman–Crippen LogP) is 2.76. The number of hydrogen-bond acceptors (Lipinski definition) is 3. The Hall–Kier alpha value is -0.590. The zero-order chi connectivity index (χ0) is 12.8. The number of rotatable bonds is 5. The van der Waals surface area contributed by atoms with Gasteiger partial charge in [0.25, 0.3) is 0 Å². The van der Waals surface area contributed by atoms with Crippen molar-refractivity contribution in [1.82, 2.24) is 4.90 Å². The number of alkyl halides is 3. The van der Waals surface area contributed by atoms with Crippen LogP contribution >= 0.6 is 11.8 Å². The Bertz CT molecular complexity index is 223. The van der Waals surface area contributed by atoms with Crippen LogP contribution in [-0.4, -0.2) is 48.9 Å². The van der Waals surface area contributed by atoms with Gasteiger partial charge in [0.05, 0.1) is 0 Å². The van der Waals surface area contributed by atoms with Crippen LogP contribution in [0, 0.1) is 0 Å². The van der Waals surface area contributed by atoms with E-state index in [-0.39, 0.29) is 6.04 Å². The number of carbonyl (C=O) groups excluding carboxylic acids is 1. The van der Waals surface area contributed by atoms with E-state index in [1.54, 1.807) is 0 Å². The van der Waals surface area contributed by atoms with Crippen molar-refractivity contribution in [3.63, 3.8) is 0 Å². The van der Waals surface area contributed by atoms with Crippen molar-refractivity contribution in [3.05, 3.63) is 0 Å². The molecule has 0 saturated carbocycles. The van der Waals surface area contributed by atoms with Crippen molar-refractivity contribution in [2.45, 2.75) is 25.6 Å². The minimum Gasteiger partial charge on any atom is -0.440 e. The molecule has 0 aromatic heterocycles. The molecule has 1 atom stereocenters. The molecule has 0 aromatic rings. The van der Waals surface area contributed by atoms with E-state index >= 15 is 0 Å². The van der Waals surface area contributed by atoms with Gasteiger partial charge in [0.15, 0.2) is 6.61 Å². The lowest BCUT2D eigenvalue weighted by atomic mass is 10.2. The molecule has 1 amide bonds. The summed E-state index contributed by atoms with van der Waals surface area (Å²) in [7, 11) is 1.45. The lowest BCUT2D eigenvalue weighted by Gasteiger charge is -2.26. The first kappa shape index (κ1) is 15.4. The van der Waals surface area contributed by atoms with Crippen LogP contribution < -0.4 is 0 Å². The van der Waals surface area contributed by atoms with E-state index in [0.717, 1.165) is 0 Å². The van der Waals surface area contributed by atoms with E-state index in [1.165, 1.54) is 23.7 Å². The summed E-state index contributed by atoms with van der Waals surface area (Å²) in [6.45, 7) is 0.334. The lowest BCUT2D eigenvalue weighted by molar-refractivity contribution is -0.162. The topological polar surface area (TPSA) is 29.5 Å². The van der Waals surface area contributed by atoms with Crippen molar-refractivity contribution >= 4 is 17.9 Å². The minimum atomic E-state index is -4.47. The predicted molar refractivity (Wildman–Crippen MR) is 57.6 cm³/mol. The Balaban J connectivity index is 4.15. The molecule has 96 valence electrons. The number of nitrogens with zero attached hydrogens (tertiary/aromatic N) is 1. The van der Waals surface area contributed by atoms with Gasteiger partial charge in [-0.25, -0.2) is 4.79 Å². The molecular formula is C9H16F3NO2S. The molecule has 0 radical (unpaired) electrons. The molecule has 1 unspecified atom stereocenters. The Morgan fingerprint density at radius 2 is 2.06 bits per heavy atom. The van der Waals surface area contributed by atoms with E-state index in [9.17, 15) is 18.0 Å². The number of hydrogen-bond donors (Lipinski definition) is 0. The van der Waals surface area contributed by atoms with Gasteiger partial charge < -0.3 is 9.64 Å². The fraction of sp³-hybridized carbons (Fsp3) is 0.889. The Morgan fingerprint density at radius 3 is 2.44 bits per heavy atom. The first-order valence-corrected chi connectivity index (χ1v) is 6.16. The van der Waals surface area contributed by atoms with Crippen LogP contribution in [0.4, 0.5) is 18.0 Å². The summed E-state index contributed by atoms with van der Waals surface area (Å²) in [6, 6.07) is -0.101. The normalized spacial score (nSPS) is 13.4. The van der Waals surface area contributed by atoms with Gasteiger partial charge in [0.1, 0.15) is 0 Å². The molecule has 0 fully saturated rings. The average molecular weight is 259 g/mol. The van der Waals surface area contributed by atoms with Gasteiger partial charge in [-0.1, -0.05) is 6.92 Å². The van der Waals surface area contributed by atoms with Crippen molar-refractivity contribution in [3.8, 4) is 0 Å². The fourth-order valence-corrected chi connectivity index (χ4v) is 1.93. The van der Waals surface area contributed by atoms with Gasteiger partial charge in [-0.15, -0.1) is 0 Å². The molecule has 16 heavy (non-hydrogen) atoms. The largest absolute Gasteiger partial charge is 0.440 e. The lowest BCUT2D eigenvalue weighted by Crippen LogP contribution is -2.39. The van der Waals surface area contributed by atoms with E-state index in [4.69, 9.17) is 0 Å². The molecule has 0 spiro atoms. The number of ether oxygens (including phenoxy) is 1. The zero-order valence-corrected chi connectivity index (χ0v) is 10.3. The maximum atomic E-state index is 11.8. The minimum absolute atomic E-state index is 0.101. The molecule has 0 saturated heterocycles. The first-order chi connectivity index (χ1) is 7.31. The molecule has 0 bridgehead atoms. The smallest absolute Gasteiger partial charge is 0.422 e. The van der Waals surface area contributed by atoms with Crippen molar-refractivity contribution in [1.29, 1.82) is 0 Å². The van der Waals surface area contributed by atoms with Gasteiger partial charge in [-0.2, -0.15) is 24.9 Å². The number of thioether (sulfide) groups is 1. The summed E-state index contributed by atoms with van der Waals surface area (Å²) < 4.78 is 39.6. The Kier molecular flexibility index (Phi) is 6.62. The Morgan fingerprint density at radius 1 is 1.50 bits per heavy atom. The molecular weight excluding hydrogens is 243 g/mol. The van der Waals surface area contributed by atoms with Crippen molar-refractivity contribution in [2.75, 3.05) is 25.7 Å². The van der Waals surface area contributed by atoms with Crippen LogP contribution in [0.1, 0.15) is 13.3 Å². The third-order valence-electron chi connectivity index (χ3n) is 2.03. The number of halogens is 3. The second-order valence-electron chi connectivity index (χ2n) is 3.30. The number of carbonyl (C=O) groups is 1. The standard InChI is InChI=1S/C9H16F3NO2S/c1-4-7(5-16-3)13(2)8(14)15-6-9(10,11)12/h7H,4-6H2,1-3H3. The molecule has 7 heteroatoms. The highest BCUT2D eigenvalue weighted by Crippen LogP contribution is 2.16. The SMILES string of the molecule is CCC(CSC)N(C)C(=O)OCC(F)(F)F. The van der Waals surface area contributed by atoms with E-state index < -0.39 is 18.9 Å². The van der Waals surface area contributed by atoms with Crippen LogP contribution in [-0.2, 0) is 4.74 Å². The fourth-order valence-electron chi connectivity index (χ4n) is 1.09. The van der Waals surface area contributed by atoms with E-state index in [2.05, 4.69) is 4.74 Å².